The van der Waals surface area contributed by atoms with E-state index in [1.807, 2.05) is 0 Å². The zero-order valence-corrected chi connectivity index (χ0v) is 35.7. The van der Waals surface area contributed by atoms with E-state index in [1.54, 1.807) is 0 Å². The van der Waals surface area contributed by atoms with Gasteiger partial charge in [-0.1, -0.05) is 114 Å². The van der Waals surface area contributed by atoms with Crippen LogP contribution in [-0.2, 0) is 16.2 Å². The summed E-state index contributed by atoms with van der Waals surface area (Å²) in [6.45, 7) is 16.8. The molecule has 7 aromatic carbocycles. The van der Waals surface area contributed by atoms with E-state index in [2.05, 4.69) is 179 Å². The van der Waals surface area contributed by atoms with Gasteiger partial charge < -0.3 is 18.2 Å². The molecular weight excluding hydrogens is 743 g/mol. The molecule has 294 valence electrons. The second kappa shape index (κ2) is 10.9. The Morgan fingerprint density at radius 3 is 2.00 bits per heavy atom. The summed E-state index contributed by atoms with van der Waals surface area (Å²) in [5.74, 6) is 0. The Morgan fingerprint density at radius 2 is 1.20 bits per heavy atom. The van der Waals surface area contributed by atoms with Gasteiger partial charge in [0.25, 0.3) is 0 Å². The van der Waals surface area contributed by atoms with Gasteiger partial charge in [-0.25, -0.2) is 0 Å². The number of rotatable bonds is 1. The van der Waals surface area contributed by atoms with Crippen molar-refractivity contribution in [2.75, 3.05) is 4.90 Å². The molecule has 5 heteroatoms. The monoisotopic (exact) mass is 788 g/mol. The lowest BCUT2D eigenvalue weighted by molar-refractivity contribution is 0.332. The molecule has 14 rings (SSSR count). The molecule has 4 nitrogen and oxygen atoms in total. The van der Waals surface area contributed by atoms with Gasteiger partial charge in [-0.2, -0.15) is 0 Å². The Morgan fingerprint density at radius 1 is 0.525 bits per heavy atom. The van der Waals surface area contributed by atoms with Crippen LogP contribution in [0.2, 0.25) is 0 Å². The lowest BCUT2D eigenvalue weighted by Crippen LogP contribution is -2.57. The van der Waals surface area contributed by atoms with Gasteiger partial charge >= 0.3 is 6.85 Å². The molecule has 0 atom stereocenters. The van der Waals surface area contributed by atoms with Gasteiger partial charge in [0.1, 0.15) is 16.7 Å². The summed E-state index contributed by atoms with van der Waals surface area (Å²) in [6.07, 6.45) is 2.34. The summed E-state index contributed by atoms with van der Waals surface area (Å²) >= 11 is 0. The van der Waals surface area contributed by atoms with E-state index in [0.717, 1.165) is 55.8 Å². The van der Waals surface area contributed by atoms with Gasteiger partial charge in [0.05, 0.1) is 5.52 Å². The topological polar surface area (TPSA) is 34.5 Å². The molecule has 0 radical (unpaired) electrons. The minimum absolute atomic E-state index is 0.0448. The minimum atomic E-state index is -0.227. The maximum atomic E-state index is 6.90. The summed E-state index contributed by atoms with van der Waals surface area (Å²) < 4.78 is 16.4. The quantitative estimate of drug-likeness (QED) is 0.155. The van der Waals surface area contributed by atoms with Crippen LogP contribution in [0.5, 0.6) is 0 Å². The number of anilines is 3. The van der Waals surface area contributed by atoms with Crippen molar-refractivity contribution in [3.8, 4) is 22.3 Å². The van der Waals surface area contributed by atoms with Gasteiger partial charge in [0, 0.05) is 55.1 Å². The molecule has 0 fully saturated rings. The van der Waals surface area contributed by atoms with Crippen LogP contribution >= 0.6 is 0 Å². The van der Waals surface area contributed by atoms with Crippen molar-refractivity contribution in [2.24, 2.45) is 0 Å². The van der Waals surface area contributed by atoms with Gasteiger partial charge in [0.15, 0.2) is 5.58 Å². The molecule has 0 amide bonds. The highest BCUT2D eigenvalue weighted by atomic mass is 16.3. The first-order chi connectivity index (χ1) is 29.4. The highest BCUT2D eigenvalue weighted by molar-refractivity contribution is 6.90. The fourth-order valence-electron chi connectivity index (χ4n) is 12.6. The number of para-hydroxylation sites is 3. The summed E-state index contributed by atoms with van der Waals surface area (Å²) in [4.78, 5) is 2.66. The van der Waals surface area contributed by atoms with Gasteiger partial charge in [-0.15, -0.1) is 0 Å². The van der Waals surface area contributed by atoms with Crippen molar-refractivity contribution < 1.29 is 8.83 Å². The molecule has 0 bridgehead atoms. The van der Waals surface area contributed by atoms with E-state index in [0.29, 0.717) is 0 Å². The fraction of sp³-hybridized carbons (Fsp3) is 0.214. The Bertz CT molecular complexity index is 3660. The zero-order chi connectivity index (χ0) is 41.1. The van der Waals surface area contributed by atoms with Crippen LogP contribution in [0, 0.1) is 6.92 Å². The lowest BCUT2D eigenvalue weighted by Gasteiger charge is -2.45. The van der Waals surface area contributed by atoms with E-state index < -0.39 is 0 Å². The maximum absolute atomic E-state index is 6.90. The normalized spacial score (nSPS) is 17.3. The predicted molar refractivity (Wildman–Crippen MR) is 255 cm³/mol. The largest absolute Gasteiger partial charge is 0.456 e. The Balaban J connectivity index is 1.21. The number of aryl methyl sites for hydroxylation is 1. The number of fused-ring (bicyclic) bond motifs is 17. The first-order valence-corrected chi connectivity index (χ1v) is 22.1. The van der Waals surface area contributed by atoms with E-state index in [4.69, 9.17) is 8.83 Å². The van der Waals surface area contributed by atoms with Crippen molar-refractivity contribution in [1.82, 2.24) is 4.48 Å². The predicted octanol–water partition coefficient (Wildman–Crippen LogP) is 13.8. The molecule has 3 aromatic heterocycles. The number of hydrogen-bond donors (Lipinski definition) is 0. The molecule has 2 aliphatic heterocycles. The van der Waals surface area contributed by atoms with Crippen LogP contribution in [-0.4, -0.2) is 11.3 Å². The minimum Gasteiger partial charge on any atom is -0.456 e. The second-order valence-electron chi connectivity index (χ2n) is 20.3. The van der Waals surface area contributed by atoms with E-state index >= 15 is 0 Å². The van der Waals surface area contributed by atoms with Gasteiger partial charge in [0.2, 0.25) is 0 Å². The zero-order valence-electron chi connectivity index (χ0n) is 35.7. The molecule has 0 unspecified atom stereocenters. The first-order valence-electron chi connectivity index (χ1n) is 22.1. The summed E-state index contributed by atoms with van der Waals surface area (Å²) in [6, 6.07) is 45.7. The van der Waals surface area contributed by atoms with E-state index in [-0.39, 0.29) is 23.1 Å². The van der Waals surface area contributed by atoms with Crippen LogP contribution in [0.25, 0.3) is 77.2 Å². The molecule has 2 aliphatic carbocycles. The van der Waals surface area contributed by atoms with Crippen molar-refractivity contribution in [3.05, 3.63) is 149 Å². The number of furan rings is 2. The standard InChI is InChI=1S/C56H45BN2O2/c1-30-25-39-40(55(4,5)24-23-54(39,2)3)28-42(30)58-43-26-36-32-16-9-12-21-45(32)60-47(36)29-41(43)57-50-44(58)27-37-31-15-8-11-20-38(31)56(6,7)49(37)48(50)34-18-14-19-35-51(34)59(57)52-33-17-10-13-22-46(33)61-53(35)52/h8-22,25-29H,23-24H2,1-7H3. The van der Waals surface area contributed by atoms with Crippen molar-refractivity contribution in [1.29, 1.82) is 0 Å². The summed E-state index contributed by atoms with van der Waals surface area (Å²) in [7, 11) is 0. The Hall–Kier alpha value is -6.46. The summed E-state index contributed by atoms with van der Waals surface area (Å²) in [5, 5.41) is 4.58. The third kappa shape index (κ3) is 4.04. The van der Waals surface area contributed by atoms with Crippen molar-refractivity contribution >= 4 is 89.7 Å². The smallest absolute Gasteiger partial charge is 0.333 e. The Labute approximate surface area is 355 Å². The molecule has 0 saturated heterocycles. The average molecular weight is 789 g/mol. The lowest BCUT2D eigenvalue weighted by atomic mass is 9.44. The van der Waals surface area contributed by atoms with Gasteiger partial charge in [-0.3, -0.25) is 0 Å². The molecule has 4 aliphatic rings. The SMILES string of the molecule is Cc1cc2c(cc1N1c3cc4c(cc3B3c5c1cc1c(c5-c5cccc6c7oc8ccccc8c7n3c56)C(C)(C)c3ccccc3-1)oc1ccccc14)C(C)(C)CCC2(C)C. The molecule has 0 spiro atoms. The van der Waals surface area contributed by atoms with Crippen molar-refractivity contribution in [3.63, 3.8) is 0 Å². The third-order valence-electron chi connectivity index (χ3n) is 15.7. The van der Waals surface area contributed by atoms with Crippen molar-refractivity contribution in [2.45, 2.75) is 77.6 Å². The number of aromatic nitrogens is 1. The molecule has 10 aromatic rings. The highest BCUT2D eigenvalue weighted by Gasteiger charge is 2.49. The van der Waals surface area contributed by atoms with E-state index in [9.17, 15) is 0 Å². The summed E-state index contributed by atoms with van der Waals surface area (Å²) in [5.41, 5.74) is 24.6. The Kier molecular flexibility index (Phi) is 6.12. The maximum Gasteiger partial charge on any atom is 0.333 e. The third-order valence-corrected chi connectivity index (χ3v) is 15.7. The van der Waals surface area contributed by atoms with Crippen LogP contribution in [0.4, 0.5) is 17.1 Å². The van der Waals surface area contributed by atoms with E-state index in [1.165, 1.54) is 90.0 Å². The molecular formula is C56H45BN2O2. The van der Waals surface area contributed by atoms with Crippen LogP contribution in [0.3, 0.4) is 0 Å². The highest BCUT2D eigenvalue weighted by Crippen LogP contribution is 2.58. The molecule has 0 saturated carbocycles. The fourth-order valence-corrected chi connectivity index (χ4v) is 12.6. The van der Waals surface area contributed by atoms with Gasteiger partial charge in [-0.05, 0) is 135 Å². The second-order valence-corrected chi connectivity index (χ2v) is 20.3. The number of hydrogen-bond acceptors (Lipinski definition) is 3. The van der Waals surface area contributed by atoms with Crippen LogP contribution < -0.4 is 15.8 Å². The first kappa shape index (κ1) is 34.3. The molecule has 5 heterocycles. The number of benzene rings is 7. The molecule has 61 heavy (non-hydrogen) atoms. The van der Waals surface area contributed by atoms with Crippen LogP contribution in [0.1, 0.15) is 82.2 Å². The number of nitrogens with zero attached hydrogens (tertiary/aromatic N) is 2. The molecule has 0 N–H and O–H groups in total. The van der Waals surface area contributed by atoms with Crippen LogP contribution in [0.15, 0.2) is 130 Å². The average Bonchev–Trinajstić information content (AvgIpc) is 3.97.